The van der Waals surface area contributed by atoms with Crippen LogP contribution in [0.5, 0.6) is 0 Å². The van der Waals surface area contributed by atoms with E-state index in [0.29, 0.717) is 7.69 Å². The minimum Gasteiger partial charge on any atom is -0.480 e. The standard InChI is InChI=1S/C5H9NO4.CH4BO2/c1-6(2-4(7)8)3-5(9)10;1-4-2-3/h2-3H2,1H3,(H,7,8)(H,9,10);3H,1H3. The van der Waals surface area contributed by atoms with E-state index < -0.39 is 11.9 Å². The van der Waals surface area contributed by atoms with Crippen molar-refractivity contribution in [2.45, 2.75) is 0 Å². The smallest absolute Gasteiger partial charge is 0.480 e. The third kappa shape index (κ3) is 17.1. The van der Waals surface area contributed by atoms with Gasteiger partial charge in [-0.1, -0.05) is 0 Å². The first kappa shape index (κ1) is 15.4. The molecule has 0 saturated carbocycles. The molecule has 0 fully saturated rings. The monoisotopic (exact) mass is 206 g/mol. The van der Waals surface area contributed by atoms with Crippen LogP contribution in [0.4, 0.5) is 0 Å². The predicted molar refractivity (Wildman–Crippen MR) is 47.8 cm³/mol. The molecular formula is C6H13BNO6. The highest BCUT2D eigenvalue weighted by molar-refractivity contribution is 6.15. The van der Waals surface area contributed by atoms with E-state index >= 15 is 0 Å². The summed E-state index contributed by atoms with van der Waals surface area (Å²) in [4.78, 5) is 21.1. The van der Waals surface area contributed by atoms with Gasteiger partial charge in [-0.25, -0.2) is 0 Å². The molecule has 7 nitrogen and oxygen atoms in total. The first-order valence-electron chi connectivity index (χ1n) is 3.54. The molecular weight excluding hydrogens is 193 g/mol. The third-order valence-electron chi connectivity index (χ3n) is 0.916. The number of likely N-dealkylation sites (N-methyl/N-ethyl adjacent to an activating group) is 1. The van der Waals surface area contributed by atoms with Crippen LogP contribution in [0.15, 0.2) is 0 Å². The summed E-state index contributed by atoms with van der Waals surface area (Å²) < 4.78 is 3.97. The molecule has 0 aliphatic carbocycles. The fourth-order valence-corrected chi connectivity index (χ4v) is 0.518. The summed E-state index contributed by atoms with van der Waals surface area (Å²) in [6, 6.07) is 0. The number of carboxylic acid groups (broad SMARTS) is 2. The number of carbonyl (C=O) groups is 2. The summed E-state index contributed by atoms with van der Waals surface area (Å²) in [6.45, 7) is -0.488. The van der Waals surface area contributed by atoms with E-state index in [9.17, 15) is 9.59 Å². The molecule has 14 heavy (non-hydrogen) atoms. The van der Waals surface area contributed by atoms with E-state index in [4.69, 9.17) is 15.2 Å². The van der Waals surface area contributed by atoms with Crippen LogP contribution >= 0.6 is 0 Å². The van der Waals surface area contributed by atoms with Crippen LogP contribution in [0.25, 0.3) is 0 Å². The van der Waals surface area contributed by atoms with E-state index in [2.05, 4.69) is 4.65 Å². The van der Waals surface area contributed by atoms with E-state index in [0.717, 1.165) is 0 Å². The lowest BCUT2D eigenvalue weighted by Gasteiger charge is -2.08. The molecule has 0 atom stereocenters. The van der Waals surface area contributed by atoms with E-state index in [1.54, 1.807) is 0 Å². The quantitative estimate of drug-likeness (QED) is 0.457. The molecule has 0 heterocycles. The number of aliphatic carboxylic acids is 2. The number of rotatable bonds is 5. The van der Waals surface area contributed by atoms with Gasteiger partial charge in [-0.2, -0.15) is 0 Å². The molecule has 8 heteroatoms. The molecule has 3 N–H and O–H groups in total. The van der Waals surface area contributed by atoms with Crippen molar-refractivity contribution in [3.05, 3.63) is 0 Å². The van der Waals surface area contributed by atoms with Gasteiger partial charge in [0.25, 0.3) is 0 Å². The molecule has 1 radical (unpaired) electrons. The van der Waals surface area contributed by atoms with E-state index in [1.807, 2.05) is 0 Å². The second-order valence-corrected chi connectivity index (χ2v) is 2.30. The molecule has 0 saturated heterocycles. The lowest BCUT2D eigenvalue weighted by molar-refractivity contribution is -0.141. The summed E-state index contributed by atoms with van der Waals surface area (Å²) in [5, 5.41) is 23.9. The Morgan fingerprint density at radius 1 is 1.29 bits per heavy atom. The summed E-state index contributed by atoms with van der Waals surface area (Å²) in [6.07, 6.45) is 0. The summed E-state index contributed by atoms with van der Waals surface area (Å²) in [5.74, 6) is -2.05. The molecule has 0 rings (SSSR count). The molecule has 0 aliphatic heterocycles. The first-order chi connectivity index (χ1) is 6.43. The highest BCUT2D eigenvalue weighted by atomic mass is 16.5. The minimum atomic E-state index is -1.02. The zero-order valence-electron chi connectivity index (χ0n) is 8.01. The number of nitrogens with zero attached hydrogens (tertiary/aromatic N) is 1. The van der Waals surface area contributed by atoms with Gasteiger partial charge >= 0.3 is 19.6 Å². The Labute approximate surface area is 82.2 Å². The van der Waals surface area contributed by atoms with Gasteiger partial charge in [0.2, 0.25) is 0 Å². The van der Waals surface area contributed by atoms with Gasteiger partial charge < -0.3 is 19.9 Å². The normalized spacial score (nSPS) is 8.86. The Bertz CT molecular complexity index is 158. The topological polar surface area (TPSA) is 107 Å². The van der Waals surface area contributed by atoms with Crippen LogP contribution in [0.2, 0.25) is 0 Å². The molecule has 0 aromatic carbocycles. The highest BCUT2D eigenvalue weighted by Crippen LogP contribution is 1.80. The Morgan fingerprint density at radius 2 is 1.57 bits per heavy atom. The zero-order valence-corrected chi connectivity index (χ0v) is 8.01. The highest BCUT2D eigenvalue weighted by Gasteiger charge is 2.06. The first-order valence-corrected chi connectivity index (χ1v) is 3.54. The van der Waals surface area contributed by atoms with Crippen LogP contribution in [-0.4, -0.2) is 67.0 Å². The Hall–Kier alpha value is -1.12. The van der Waals surface area contributed by atoms with Crippen molar-refractivity contribution in [1.29, 1.82) is 0 Å². The minimum absolute atomic E-state index is 0.244. The maximum Gasteiger partial charge on any atom is 0.484 e. The van der Waals surface area contributed by atoms with Gasteiger partial charge in [0.15, 0.2) is 0 Å². The van der Waals surface area contributed by atoms with Crippen LogP contribution in [0.1, 0.15) is 0 Å². The lowest BCUT2D eigenvalue weighted by atomic mass is 10.4. The van der Waals surface area contributed by atoms with E-state index in [-0.39, 0.29) is 13.1 Å². The van der Waals surface area contributed by atoms with Gasteiger partial charge in [-0.05, 0) is 7.05 Å². The summed E-state index contributed by atoms with van der Waals surface area (Å²) in [7, 11) is 3.43. The number of hydrogen-bond donors (Lipinski definition) is 3. The molecule has 0 bridgehead atoms. The van der Waals surface area contributed by atoms with Crippen molar-refractivity contribution in [1.82, 2.24) is 4.90 Å². The Morgan fingerprint density at radius 3 is 1.71 bits per heavy atom. The number of hydrogen-bond acceptors (Lipinski definition) is 5. The SMILES string of the molecule is CN(CC(=O)O)CC(=O)O.CO[B]O. The van der Waals surface area contributed by atoms with Gasteiger partial charge in [0, 0.05) is 7.11 Å². The summed E-state index contributed by atoms with van der Waals surface area (Å²) in [5.41, 5.74) is 0. The van der Waals surface area contributed by atoms with Crippen LogP contribution in [0.3, 0.4) is 0 Å². The van der Waals surface area contributed by atoms with Gasteiger partial charge in [0.05, 0.1) is 13.1 Å². The Balaban J connectivity index is 0. The second kappa shape index (κ2) is 9.97. The molecule has 0 unspecified atom stereocenters. The molecule has 0 aromatic heterocycles. The van der Waals surface area contributed by atoms with Crippen molar-refractivity contribution in [3.63, 3.8) is 0 Å². The maximum atomic E-state index is 9.96. The van der Waals surface area contributed by atoms with Crippen molar-refractivity contribution < 1.29 is 29.5 Å². The van der Waals surface area contributed by atoms with E-state index in [1.165, 1.54) is 19.1 Å². The van der Waals surface area contributed by atoms with Crippen molar-refractivity contribution in [3.8, 4) is 0 Å². The van der Waals surface area contributed by atoms with Gasteiger partial charge in [0.1, 0.15) is 0 Å². The van der Waals surface area contributed by atoms with Crippen molar-refractivity contribution in [2.24, 2.45) is 0 Å². The van der Waals surface area contributed by atoms with Crippen molar-refractivity contribution >= 4 is 19.6 Å². The fraction of sp³-hybridized carbons (Fsp3) is 0.667. The maximum absolute atomic E-state index is 9.96. The zero-order chi connectivity index (χ0) is 11.6. The Kier molecular flexibility index (Phi) is 10.9. The van der Waals surface area contributed by atoms with Crippen LogP contribution < -0.4 is 0 Å². The number of carboxylic acids is 2. The van der Waals surface area contributed by atoms with Crippen molar-refractivity contribution in [2.75, 3.05) is 27.2 Å². The van der Waals surface area contributed by atoms with Crippen LogP contribution in [-0.2, 0) is 14.2 Å². The molecule has 0 aliphatic rings. The third-order valence-corrected chi connectivity index (χ3v) is 0.916. The summed E-state index contributed by atoms with van der Waals surface area (Å²) >= 11 is 0. The van der Waals surface area contributed by atoms with Gasteiger partial charge in [-0.3, -0.25) is 14.5 Å². The average molecular weight is 206 g/mol. The average Bonchev–Trinajstić information content (AvgIpc) is 2.01. The second-order valence-electron chi connectivity index (χ2n) is 2.30. The fourth-order valence-electron chi connectivity index (χ4n) is 0.518. The largest absolute Gasteiger partial charge is 0.484 e. The molecule has 81 valence electrons. The molecule has 0 spiro atoms. The van der Waals surface area contributed by atoms with Crippen LogP contribution in [0, 0.1) is 0 Å². The lowest BCUT2D eigenvalue weighted by Crippen LogP contribution is -2.30. The molecule has 0 amide bonds. The predicted octanol–water partition coefficient (Wildman–Crippen LogP) is -1.75. The van der Waals surface area contributed by atoms with Gasteiger partial charge in [-0.15, -0.1) is 0 Å². The molecule has 0 aromatic rings.